The Morgan fingerprint density at radius 1 is 1.33 bits per heavy atom. The normalized spacial score (nSPS) is 18.8. The quantitative estimate of drug-likeness (QED) is 0.518. The Balaban J connectivity index is 1.65. The van der Waals surface area contributed by atoms with Crippen LogP contribution in [0.2, 0.25) is 0 Å². The van der Waals surface area contributed by atoms with Gasteiger partial charge in [-0.15, -0.1) is 11.3 Å². The van der Waals surface area contributed by atoms with Gasteiger partial charge in [-0.2, -0.15) is 0 Å². The van der Waals surface area contributed by atoms with E-state index < -0.39 is 0 Å². The molecule has 2 aromatic rings. The van der Waals surface area contributed by atoms with Crippen LogP contribution < -0.4 is 11.3 Å². The second kappa shape index (κ2) is 6.39. The predicted molar refractivity (Wildman–Crippen MR) is 85.0 cm³/mol. The van der Waals surface area contributed by atoms with E-state index in [1.165, 1.54) is 23.3 Å². The van der Waals surface area contributed by atoms with Crippen LogP contribution >= 0.6 is 11.3 Å². The van der Waals surface area contributed by atoms with Gasteiger partial charge in [0.2, 0.25) is 0 Å². The largest absolute Gasteiger partial charge is 0.298 e. The second-order valence-corrected chi connectivity index (χ2v) is 6.30. The van der Waals surface area contributed by atoms with Gasteiger partial charge in [-0.25, -0.2) is 5.84 Å². The van der Waals surface area contributed by atoms with Gasteiger partial charge in [-0.1, -0.05) is 30.3 Å². The van der Waals surface area contributed by atoms with E-state index in [2.05, 4.69) is 40.7 Å². The molecule has 5 heteroatoms. The monoisotopic (exact) mass is 301 g/mol. The molecule has 1 fully saturated rings. The fourth-order valence-corrected chi connectivity index (χ4v) is 3.76. The standard InChI is InChI=1S/C16H19N3OS/c17-18-16(20)15-14(7-9-21-15)11-19-8-6-13(10-19)12-4-2-1-3-5-12/h1-5,7,9,13H,6,8,10-11,17H2,(H,18,20). The molecule has 4 nitrogen and oxygen atoms in total. The molecule has 0 bridgehead atoms. The summed E-state index contributed by atoms with van der Waals surface area (Å²) in [5, 5.41) is 1.95. The van der Waals surface area contributed by atoms with Crippen LogP contribution in [0.25, 0.3) is 0 Å². The van der Waals surface area contributed by atoms with E-state index in [-0.39, 0.29) is 5.91 Å². The molecule has 1 unspecified atom stereocenters. The number of hydrogen-bond donors (Lipinski definition) is 2. The number of nitrogens with one attached hydrogen (secondary N) is 1. The second-order valence-electron chi connectivity index (χ2n) is 5.38. The van der Waals surface area contributed by atoms with Crippen molar-refractivity contribution in [2.24, 2.45) is 5.84 Å². The number of nitrogens with zero attached hydrogens (tertiary/aromatic N) is 1. The van der Waals surface area contributed by atoms with Crippen molar-refractivity contribution in [2.75, 3.05) is 13.1 Å². The van der Waals surface area contributed by atoms with E-state index in [0.717, 1.165) is 30.1 Å². The molecule has 1 amide bonds. The van der Waals surface area contributed by atoms with E-state index in [1.807, 2.05) is 11.4 Å². The summed E-state index contributed by atoms with van der Waals surface area (Å²) in [5.74, 6) is 5.63. The smallest absolute Gasteiger partial charge is 0.275 e. The summed E-state index contributed by atoms with van der Waals surface area (Å²) in [6, 6.07) is 12.7. The Morgan fingerprint density at radius 2 is 2.14 bits per heavy atom. The summed E-state index contributed by atoms with van der Waals surface area (Å²) in [4.78, 5) is 14.8. The van der Waals surface area contributed by atoms with Crippen molar-refractivity contribution < 1.29 is 4.79 Å². The van der Waals surface area contributed by atoms with Crippen molar-refractivity contribution in [3.8, 4) is 0 Å². The number of nitrogens with two attached hydrogens (primary N) is 1. The molecular formula is C16H19N3OS. The molecule has 2 heterocycles. The average Bonchev–Trinajstić information content (AvgIpc) is 3.17. The zero-order valence-electron chi connectivity index (χ0n) is 11.8. The topological polar surface area (TPSA) is 58.4 Å². The van der Waals surface area contributed by atoms with Gasteiger partial charge in [-0.3, -0.25) is 15.1 Å². The lowest BCUT2D eigenvalue weighted by atomic mass is 9.99. The van der Waals surface area contributed by atoms with Gasteiger partial charge in [0.25, 0.3) is 5.91 Å². The molecule has 0 radical (unpaired) electrons. The first-order chi connectivity index (χ1) is 10.3. The Labute approximate surface area is 128 Å². The van der Waals surface area contributed by atoms with E-state index in [4.69, 9.17) is 5.84 Å². The number of amides is 1. The van der Waals surface area contributed by atoms with E-state index in [1.54, 1.807) is 0 Å². The van der Waals surface area contributed by atoms with Crippen LogP contribution in [0.3, 0.4) is 0 Å². The summed E-state index contributed by atoms with van der Waals surface area (Å²) < 4.78 is 0. The number of rotatable bonds is 4. The van der Waals surface area contributed by atoms with Crippen molar-refractivity contribution >= 4 is 17.2 Å². The summed E-state index contributed by atoms with van der Waals surface area (Å²) in [6.07, 6.45) is 1.17. The van der Waals surface area contributed by atoms with Crippen molar-refractivity contribution in [1.82, 2.24) is 10.3 Å². The molecule has 1 aromatic heterocycles. The first-order valence-electron chi connectivity index (χ1n) is 7.12. The molecule has 1 aromatic carbocycles. The van der Waals surface area contributed by atoms with Gasteiger partial charge in [0, 0.05) is 13.1 Å². The highest BCUT2D eigenvalue weighted by molar-refractivity contribution is 7.12. The predicted octanol–water partition coefficient (Wildman–Crippen LogP) is 2.34. The van der Waals surface area contributed by atoms with Crippen LogP contribution in [0.5, 0.6) is 0 Å². The van der Waals surface area contributed by atoms with Gasteiger partial charge in [0.15, 0.2) is 0 Å². The van der Waals surface area contributed by atoms with E-state index in [0.29, 0.717) is 5.92 Å². The number of carbonyl (C=O) groups is 1. The van der Waals surface area contributed by atoms with Gasteiger partial charge >= 0.3 is 0 Å². The first kappa shape index (κ1) is 14.3. The van der Waals surface area contributed by atoms with E-state index >= 15 is 0 Å². The Hall–Kier alpha value is -1.69. The van der Waals surface area contributed by atoms with Gasteiger partial charge in [0.05, 0.1) is 4.88 Å². The van der Waals surface area contributed by atoms with E-state index in [9.17, 15) is 4.79 Å². The Bertz CT molecular complexity index is 611. The van der Waals surface area contributed by atoms with Gasteiger partial charge in [0.1, 0.15) is 0 Å². The zero-order valence-corrected chi connectivity index (χ0v) is 12.6. The summed E-state index contributed by atoms with van der Waals surface area (Å²) in [5.41, 5.74) is 4.69. The number of carbonyl (C=O) groups excluding carboxylic acids is 1. The van der Waals surface area contributed by atoms with Crippen LogP contribution in [0.1, 0.15) is 33.1 Å². The molecule has 1 aliphatic heterocycles. The maximum absolute atomic E-state index is 11.7. The number of hydrogen-bond acceptors (Lipinski definition) is 4. The molecule has 1 atom stereocenters. The van der Waals surface area contributed by atoms with Gasteiger partial charge in [-0.05, 0) is 41.5 Å². The van der Waals surface area contributed by atoms with Crippen LogP contribution in [-0.4, -0.2) is 23.9 Å². The van der Waals surface area contributed by atoms with Crippen LogP contribution in [0.4, 0.5) is 0 Å². The number of thiophene rings is 1. The molecule has 1 aliphatic rings. The lowest BCUT2D eigenvalue weighted by Crippen LogP contribution is -2.30. The highest BCUT2D eigenvalue weighted by atomic mass is 32.1. The number of benzene rings is 1. The highest BCUT2D eigenvalue weighted by Gasteiger charge is 2.25. The molecule has 0 saturated carbocycles. The lowest BCUT2D eigenvalue weighted by Gasteiger charge is -2.16. The molecule has 3 rings (SSSR count). The SMILES string of the molecule is NNC(=O)c1sccc1CN1CCC(c2ccccc2)C1. The summed E-state index contributed by atoms with van der Waals surface area (Å²) >= 11 is 1.44. The van der Waals surface area contributed by atoms with Crippen molar-refractivity contribution in [2.45, 2.75) is 18.9 Å². The minimum atomic E-state index is -0.196. The number of nitrogen functional groups attached to an aromatic ring is 1. The minimum Gasteiger partial charge on any atom is -0.298 e. The third-order valence-corrected chi connectivity index (χ3v) is 4.98. The average molecular weight is 301 g/mol. The van der Waals surface area contributed by atoms with Crippen LogP contribution in [0.15, 0.2) is 41.8 Å². The fourth-order valence-electron chi connectivity index (χ4n) is 2.94. The van der Waals surface area contributed by atoms with Gasteiger partial charge < -0.3 is 0 Å². The number of likely N-dealkylation sites (tertiary alicyclic amines) is 1. The molecule has 110 valence electrons. The Kier molecular flexibility index (Phi) is 4.34. The maximum atomic E-state index is 11.7. The fraction of sp³-hybridized carbons (Fsp3) is 0.312. The molecular weight excluding hydrogens is 282 g/mol. The van der Waals surface area contributed by atoms with Crippen molar-refractivity contribution in [3.63, 3.8) is 0 Å². The Morgan fingerprint density at radius 3 is 2.90 bits per heavy atom. The lowest BCUT2D eigenvalue weighted by molar-refractivity contribution is 0.0956. The third kappa shape index (κ3) is 3.15. The van der Waals surface area contributed by atoms with Crippen molar-refractivity contribution in [1.29, 1.82) is 0 Å². The molecule has 1 saturated heterocycles. The van der Waals surface area contributed by atoms with Crippen LogP contribution in [0, 0.1) is 0 Å². The zero-order chi connectivity index (χ0) is 14.7. The minimum absolute atomic E-state index is 0.196. The molecule has 3 N–H and O–H groups in total. The van der Waals surface area contributed by atoms with Crippen LogP contribution in [-0.2, 0) is 6.54 Å². The molecule has 0 aliphatic carbocycles. The summed E-state index contributed by atoms with van der Waals surface area (Å²) in [6.45, 7) is 2.93. The molecule has 21 heavy (non-hydrogen) atoms. The first-order valence-corrected chi connectivity index (χ1v) is 8.00. The van der Waals surface area contributed by atoms with Crippen molar-refractivity contribution in [3.05, 3.63) is 57.8 Å². The maximum Gasteiger partial charge on any atom is 0.275 e. The summed E-state index contributed by atoms with van der Waals surface area (Å²) in [7, 11) is 0. The third-order valence-electron chi connectivity index (χ3n) is 4.02. The highest BCUT2D eigenvalue weighted by Crippen LogP contribution is 2.29. The molecule has 0 spiro atoms. The number of hydrazine groups is 1.